The predicted octanol–water partition coefficient (Wildman–Crippen LogP) is 4.16. The Morgan fingerprint density at radius 1 is 1.18 bits per heavy atom. The van der Waals surface area contributed by atoms with Crippen LogP contribution in [0.15, 0.2) is 53.3 Å². The highest BCUT2D eigenvalue weighted by molar-refractivity contribution is 9.10. The molecule has 4 aromatic rings. The summed E-state index contributed by atoms with van der Waals surface area (Å²) >= 11 is 3.59. The molecule has 6 nitrogen and oxygen atoms in total. The normalized spacial score (nSPS) is 12.1. The maximum atomic E-state index is 5.48. The first-order valence-corrected chi connectivity index (χ1v) is 9.82. The zero-order valence-electron chi connectivity index (χ0n) is 15.6. The lowest BCUT2D eigenvalue weighted by molar-refractivity contribution is 0.410. The van der Waals surface area contributed by atoms with Gasteiger partial charge in [-0.15, -0.1) is 0 Å². The number of aromatic nitrogens is 5. The molecule has 2 aromatic heterocycles. The second kappa shape index (κ2) is 6.60. The predicted molar refractivity (Wildman–Crippen MR) is 110 cm³/mol. The number of imidazole rings is 1. The summed E-state index contributed by atoms with van der Waals surface area (Å²) in [4.78, 5) is 9.40. The number of nitrogens with zero attached hydrogens (tertiary/aromatic N) is 5. The molecule has 0 atom stereocenters. The molecule has 0 bridgehead atoms. The molecule has 1 aliphatic heterocycles. The fourth-order valence-corrected chi connectivity index (χ4v) is 4.05. The van der Waals surface area contributed by atoms with E-state index in [1.54, 1.807) is 7.11 Å². The van der Waals surface area contributed by atoms with Gasteiger partial charge in [0.1, 0.15) is 5.75 Å². The zero-order valence-corrected chi connectivity index (χ0v) is 17.1. The summed E-state index contributed by atoms with van der Waals surface area (Å²) < 4.78 is 10.6. The first kappa shape index (κ1) is 17.2. The van der Waals surface area contributed by atoms with Crippen molar-refractivity contribution in [1.82, 2.24) is 24.3 Å². The molecular formula is C21H18BrN5O. The molecule has 3 heterocycles. The Morgan fingerprint density at radius 3 is 2.89 bits per heavy atom. The van der Waals surface area contributed by atoms with Crippen LogP contribution in [0, 0.1) is 6.92 Å². The highest BCUT2D eigenvalue weighted by atomic mass is 79.9. The number of aryl methyl sites for hydroxylation is 1. The van der Waals surface area contributed by atoms with Crippen LogP contribution in [-0.2, 0) is 13.0 Å². The topological polar surface area (TPSA) is 57.8 Å². The summed E-state index contributed by atoms with van der Waals surface area (Å²) in [6, 6.07) is 14.2. The number of benzene rings is 2. The summed E-state index contributed by atoms with van der Waals surface area (Å²) in [5, 5.41) is 4.82. The number of methoxy groups -OCH3 is 1. The van der Waals surface area contributed by atoms with E-state index in [0.717, 1.165) is 50.1 Å². The van der Waals surface area contributed by atoms with E-state index < -0.39 is 0 Å². The highest BCUT2D eigenvalue weighted by Gasteiger charge is 2.24. The van der Waals surface area contributed by atoms with Crippen molar-refractivity contribution in [3.8, 4) is 22.8 Å². The van der Waals surface area contributed by atoms with Gasteiger partial charge in [-0.3, -0.25) is 0 Å². The van der Waals surface area contributed by atoms with Crippen LogP contribution >= 0.6 is 15.9 Å². The first-order chi connectivity index (χ1) is 13.6. The highest BCUT2D eigenvalue weighted by Crippen LogP contribution is 2.34. The van der Waals surface area contributed by atoms with Gasteiger partial charge in [-0.1, -0.05) is 34.1 Å². The molecule has 1 aliphatic rings. The van der Waals surface area contributed by atoms with Crippen molar-refractivity contribution in [2.45, 2.75) is 19.9 Å². The van der Waals surface area contributed by atoms with E-state index in [4.69, 9.17) is 14.8 Å². The zero-order chi connectivity index (χ0) is 19.3. The molecule has 0 saturated heterocycles. The summed E-state index contributed by atoms with van der Waals surface area (Å²) in [6.45, 7) is 2.66. The fraction of sp³-hybridized carbons (Fsp3) is 0.190. The number of hydrogen-bond acceptors (Lipinski definition) is 4. The number of hydrogen-bond donors (Lipinski definition) is 0. The Hall–Kier alpha value is -2.93. The number of fused-ring (bicyclic) bond motifs is 5. The molecule has 0 radical (unpaired) electrons. The van der Waals surface area contributed by atoms with E-state index in [1.165, 1.54) is 0 Å². The van der Waals surface area contributed by atoms with Crippen LogP contribution in [0.2, 0.25) is 0 Å². The molecule has 7 heteroatoms. The van der Waals surface area contributed by atoms with Crippen LogP contribution in [0.5, 0.6) is 5.75 Å². The van der Waals surface area contributed by atoms with E-state index in [0.29, 0.717) is 13.0 Å². The first-order valence-electron chi connectivity index (χ1n) is 9.03. The van der Waals surface area contributed by atoms with Crippen LogP contribution in [0.1, 0.15) is 22.8 Å². The molecule has 0 N–H and O–H groups in total. The van der Waals surface area contributed by atoms with Gasteiger partial charge in [-0.25, -0.2) is 14.6 Å². The van der Waals surface area contributed by atoms with Gasteiger partial charge in [-0.2, -0.15) is 5.10 Å². The van der Waals surface area contributed by atoms with Crippen LogP contribution in [0.4, 0.5) is 0 Å². The minimum absolute atomic E-state index is 0.617. The molecule has 0 spiro atoms. The van der Waals surface area contributed by atoms with E-state index in [1.807, 2.05) is 42.2 Å². The molecule has 0 saturated carbocycles. The number of halogens is 1. The quantitative estimate of drug-likeness (QED) is 0.426. The Balaban J connectivity index is 1.65. The molecule has 0 amide bonds. The van der Waals surface area contributed by atoms with Gasteiger partial charge in [0, 0.05) is 22.0 Å². The van der Waals surface area contributed by atoms with Crippen molar-refractivity contribution in [3.63, 3.8) is 0 Å². The lowest BCUT2D eigenvalue weighted by Gasteiger charge is -2.09. The summed E-state index contributed by atoms with van der Waals surface area (Å²) in [7, 11) is 1.69. The number of ether oxygens (including phenoxy) is 1. The smallest absolute Gasteiger partial charge is 0.160 e. The molecule has 5 rings (SSSR count). The Kier molecular flexibility index (Phi) is 4.05. The van der Waals surface area contributed by atoms with E-state index in [2.05, 4.69) is 43.7 Å². The van der Waals surface area contributed by atoms with Crippen LogP contribution in [0.25, 0.3) is 17.1 Å². The standard InChI is InChI=1S/C21H18BrN5O/c1-13-18-11-27-21(16-10-15(22)7-8-17(16)26(18)12-23-13)24-20(25-27)9-14-5-3-4-6-19(14)28-2/h3-8,10,12H,9,11H2,1-2H3. The third-order valence-corrected chi connectivity index (χ3v) is 5.58. The maximum absolute atomic E-state index is 5.48. The van der Waals surface area contributed by atoms with Gasteiger partial charge in [-0.05, 0) is 31.2 Å². The van der Waals surface area contributed by atoms with Gasteiger partial charge >= 0.3 is 0 Å². The second-order valence-corrected chi connectivity index (χ2v) is 7.72. The minimum atomic E-state index is 0.617. The third-order valence-electron chi connectivity index (χ3n) is 5.09. The van der Waals surface area contributed by atoms with Gasteiger partial charge in [0.25, 0.3) is 0 Å². The van der Waals surface area contributed by atoms with E-state index >= 15 is 0 Å². The average molecular weight is 436 g/mol. The lowest BCUT2D eigenvalue weighted by Crippen LogP contribution is -2.06. The molecule has 2 aromatic carbocycles. The Morgan fingerprint density at radius 2 is 2.04 bits per heavy atom. The van der Waals surface area contributed by atoms with Crippen molar-refractivity contribution in [2.75, 3.05) is 7.11 Å². The largest absolute Gasteiger partial charge is 0.496 e. The molecule has 0 aliphatic carbocycles. The molecule has 140 valence electrons. The van der Waals surface area contributed by atoms with Crippen LogP contribution in [-0.4, -0.2) is 31.4 Å². The summed E-state index contributed by atoms with van der Waals surface area (Å²) in [6.07, 6.45) is 2.49. The minimum Gasteiger partial charge on any atom is -0.496 e. The van der Waals surface area contributed by atoms with Crippen molar-refractivity contribution in [2.24, 2.45) is 0 Å². The van der Waals surface area contributed by atoms with Gasteiger partial charge in [0.2, 0.25) is 0 Å². The fourth-order valence-electron chi connectivity index (χ4n) is 3.69. The average Bonchev–Trinajstić information content (AvgIpc) is 3.23. The van der Waals surface area contributed by atoms with Gasteiger partial charge in [0.05, 0.1) is 37.1 Å². The van der Waals surface area contributed by atoms with Crippen molar-refractivity contribution >= 4 is 15.9 Å². The van der Waals surface area contributed by atoms with Crippen LogP contribution in [0.3, 0.4) is 0 Å². The lowest BCUT2D eigenvalue weighted by atomic mass is 10.1. The summed E-state index contributed by atoms with van der Waals surface area (Å²) in [5.74, 6) is 2.49. The van der Waals surface area contributed by atoms with E-state index in [9.17, 15) is 0 Å². The monoisotopic (exact) mass is 435 g/mol. The van der Waals surface area contributed by atoms with Gasteiger partial charge in [0.15, 0.2) is 11.6 Å². The van der Waals surface area contributed by atoms with Gasteiger partial charge < -0.3 is 9.30 Å². The Labute approximate surface area is 171 Å². The van der Waals surface area contributed by atoms with E-state index in [-0.39, 0.29) is 0 Å². The molecular weight excluding hydrogens is 418 g/mol. The van der Waals surface area contributed by atoms with Crippen molar-refractivity contribution in [3.05, 3.63) is 76.0 Å². The second-order valence-electron chi connectivity index (χ2n) is 6.81. The summed E-state index contributed by atoms with van der Waals surface area (Å²) in [5.41, 5.74) is 5.29. The molecule has 0 fully saturated rings. The molecule has 28 heavy (non-hydrogen) atoms. The van der Waals surface area contributed by atoms with Crippen LogP contribution < -0.4 is 4.74 Å². The Bertz CT molecular complexity index is 1190. The third kappa shape index (κ3) is 2.74. The molecule has 0 unspecified atom stereocenters. The van der Waals surface area contributed by atoms with Crippen molar-refractivity contribution < 1.29 is 4.74 Å². The van der Waals surface area contributed by atoms with Crippen molar-refractivity contribution in [1.29, 1.82) is 0 Å². The number of para-hydroxylation sites is 1. The maximum Gasteiger partial charge on any atom is 0.160 e. The number of rotatable bonds is 3. The SMILES string of the molecule is COc1ccccc1Cc1nc2n(n1)Cc1c(C)ncn1-c1ccc(Br)cc1-2.